The Morgan fingerprint density at radius 2 is 1.62 bits per heavy atom. The molecule has 0 bridgehead atoms. The number of methoxy groups -OCH3 is 2. The molecule has 0 heterocycles. The summed E-state index contributed by atoms with van der Waals surface area (Å²) in [5, 5.41) is 2.62. The van der Waals surface area contributed by atoms with E-state index in [-0.39, 0.29) is 35.7 Å². The molecule has 2 aromatic rings. The number of likely N-dealkylation sites (N-methyl/N-ethyl adjacent to an activating group) is 1. The van der Waals surface area contributed by atoms with Crippen molar-refractivity contribution in [2.24, 2.45) is 0 Å². The van der Waals surface area contributed by atoms with Crippen molar-refractivity contribution in [3.05, 3.63) is 63.4 Å². The molecule has 0 fully saturated rings. The monoisotopic (exact) mass is 466 g/mol. The summed E-state index contributed by atoms with van der Waals surface area (Å²) in [6.07, 6.45) is 0. The number of hydrogen-bond donors (Lipinski definition) is 1. The summed E-state index contributed by atoms with van der Waals surface area (Å²) in [6, 6.07) is 8.69. The Labute approximate surface area is 175 Å². The first-order chi connectivity index (χ1) is 13.7. The van der Waals surface area contributed by atoms with Gasteiger partial charge in [-0.15, -0.1) is 0 Å². The topological polar surface area (TPSA) is 84.9 Å². The smallest absolute Gasteiger partial charge is 0.337 e. The summed E-state index contributed by atoms with van der Waals surface area (Å²) in [4.78, 5) is 37.6. The summed E-state index contributed by atoms with van der Waals surface area (Å²) >= 11 is 3.29. The first-order valence-corrected chi connectivity index (χ1v) is 9.26. The van der Waals surface area contributed by atoms with Gasteiger partial charge in [-0.25, -0.2) is 14.0 Å². The van der Waals surface area contributed by atoms with Crippen LogP contribution in [-0.4, -0.2) is 50.6 Å². The van der Waals surface area contributed by atoms with Gasteiger partial charge in [0.1, 0.15) is 5.82 Å². The predicted octanol–water partition coefficient (Wildman–Crippen LogP) is 3.23. The zero-order valence-electron chi connectivity index (χ0n) is 16.1. The van der Waals surface area contributed by atoms with E-state index in [4.69, 9.17) is 0 Å². The highest BCUT2D eigenvalue weighted by atomic mass is 79.9. The molecule has 0 aliphatic rings. The van der Waals surface area contributed by atoms with E-state index in [1.165, 1.54) is 38.5 Å². The van der Waals surface area contributed by atoms with Gasteiger partial charge in [-0.2, -0.15) is 0 Å². The van der Waals surface area contributed by atoms with Crippen LogP contribution in [0.5, 0.6) is 0 Å². The molecule has 2 rings (SSSR count). The molecule has 0 aliphatic heterocycles. The number of nitrogens with zero attached hydrogens (tertiary/aromatic N) is 1. The molecule has 0 radical (unpaired) electrons. The molecular formula is C20H20BrFN2O5. The molecule has 29 heavy (non-hydrogen) atoms. The Morgan fingerprint density at radius 1 is 1.03 bits per heavy atom. The molecule has 9 heteroatoms. The van der Waals surface area contributed by atoms with E-state index in [9.17, 15) is 18.8 Å². The van der Waals surface area contributed by atoms with Gasteiger partial charge in [0.2, 0.25) is 5.91 Å². The summed E-state index contributed by atoms with van der Waals surface area (Å²) in [5.41, 5.74) is 0.862. The summed E-state index contributed by atoms with van der Waals surface area (Å²) in [7, 11) is 4.09. The number of rotatable bonds is 7. The van der Waals surface area contributed by atoms with E-state index in [2.05, 4.69) is 30.7 Å². The Kier molecular flexibility index (Phi) is 7.86. The van der Waals surface area contributed by atoms with Gasteiger partial charge in [0, 0.05) is 22.3 Å². The number of hydrogen-bond acceptors (Lipinski definition) is 6. The Hall–Kier alpha value is -2.78. The molecule has 0 aromatic heterocycles. The Balaban J connectivity index is 2.11. The van der Waals surface area contributed by atoms with E-state index in [0.29, 0.717) is 5.56 Å². The molecule has 0 aliphatic carbocycles. The fourth-order valence-corrected chi connectivity index (χ4v) is 3.04. The largest absolute Gasteiger partial charge is 0.465 e. The maximum atomic E-state index is 13.9. The van der Waals surface area contributed by atoms with Crippen LogP contribution in [0.3, 0.4) is 0 Å². The van der Waals surface area contributed by atoms with Crippen LogP contribution in [0, 0.1) is 5.82 Å². The normalized spacial score (nSPS) is 10.6. The Bertz CT molecular complexity index is 901. The highest BCUT2D eigenvalue weighted by molar-refractivity contribution is 9.10. The average molecular weight is 467 g/mol. The Morgan fingerprint density at radius 3 is 2.17 bits per heavy atom. The third kappa shape index (κ3) is 6.37. The van der Waals surface area contributed by atoms with Crippen LogP contribution < -0.4 is 5.32 Å². The van der Waals surface area contributed by atoms with E-state index < -0.39 is 17.8 Å². The SMILES string of the molecule is COC(=O)c1cc(NC(=O)CN(C)Cc2cc(Br)ccc2F)cc(C(=O)OC)c1. The second kappa shape index (κ2) is 10.1. The fourth-order valence-electron chi connectivity index (χ4n) is 2.63. The third-order valence-electron chi connectivity index (χ3n) is 3.92. The molecule has 0 unspecified atom stereocenters. The highest BCUT2D eigenvalue weighted by Gasteiger charge is 2.16. The molecule has 154 valence electrons. The summed E-state index contributed by atoms with van der Waals surface area (Å²) in [5.74, 6) is -2.09. The standard InChI is InChI=1S/C20H20BrFN2O5/c1-24(10-14-7-15(21)4-5-17(14)22)11-18(25)23-16-8-12(19(26)28-2)6-13(9-16)20(27)29-3/h4-9H,10-11H2,1-3H3,(H,23,25). The fraction of sp³-hybridized carbons (Fsp3) is 0.250. The van der Waals surface area contributed by atoms with Gasteiger partial charge in [0.15, 0.2) is 0 Å². The number of amides is 1. The van der Waals surface area contributed by atoms with Gasteiger partial charge in [-0.1, -0.05) is 15.9 Å². The van der Waals surface area contributed by atoms with Crippen molar-refractivity contribution in [1.29, 1.82) is 0 Å². The molecular weight excluding hydrogens is 447 g/mol. The van der Waals surface area contributed by atoms with Crippen molar-refractivity contribution >= 4 is 39.5 Å². The number of ether oxygens (including phenoxy) is 2. The molecule has 0 saturated carbocycles. The minimum absolute atomic E-state index is 0.0397. The first kappa shape index (κ1) is 22.5. The summed E-state index contributed by atoms with van der Waals surface area (Å²) in [6.45, 7) is 0.177. The molecule has 1 N–H and O–H groups in total. The average Bonchev–Trinajstić information content (AvgIpc) is 2.68. The minimum Gasteiger partial charge on any atom is -0.465 e. The number of anilines is 1. The molecule has 0 spiro atoms. The number of benzene rings is 2. The number of carbonyl (C=O) groups excluding carboxylic acids is 3. The minimum atomic E-state index is -0.659. The van der Waals surface area contributed by atoms with Crippen molar-refractivity contribution in [1.82, 2.24) is 4.90 Å². The van der Waals surface area contributed by atoms with Crippen LogP contribution in [0.2, 0.25) is 0 Å². The molecule has 0 saturated heterocycles. The van der Waals surface area contributed by atoms with E-state index in [1.807, 2.05) is 0 Å². The number of carbonyl (C=O) groups is 3. The van der Waals surface area contributed by atoms with Crippen LogP contribution in [0.15, 0.2) is 40.9 Å². The van der Waals surface area contributed by atoms with Crippen molar-refractivity contribution < 1.29 is 28.2 Å². The van der Waals surface area contributed by atoms with E-state index in [0.717, 1.165) is 4.47 Å². The van der Waals surface area contributed by atoms with E-state index in [1.54, 1.807) is 24.1 Å². The summed E-state index contributed by atoms with van der Waals surface area (Å²) < 4.78 is 24.0. The maximum absolute atomic E-state index is 13.9. The lowest BCUT2D eigenvalue weighted by Crippen LogP contribution is -2.30. The van der Waals surface area contributed by atoms with Crippen molar-refractivity contribution in [2.75, 3.05) is 33.1 Å². The zero-order valence-corrected chi connectivity index (χ0v) is 17.7. The van der Waals surface area contributed by atoms with Gasteiger partial charge in [0.05, 0.1) is 31.9 Å². The van der Waals surface area contributed by atoms with Gasteiger partial charge in [0.25, 0.3) is 0 Å². The lowest BCUT2D eigenvalue weighted by Gasteiger charge is -2.17. The van der Waals surface area contributed by atoms with Crippen LogP contribution in [0.1, 0.15) is 26.3 Å². The van der Waals surface area contributed by atoms with Crippen molar-refractivity contribution in [3.8, 4) is 0 Å². The maximum Gasteiger partial charge on any atom is 0.337 e. The molecule has 7 nitrogen and oxygen atoms in total. The van der Waals surface area contributed by atoms with E-state index >= 15 is 0 Å². The van der Waals surface area contributed by atoms with Crippen molar-refractivity contribution in [2.45, 2.75) is 6.54 Å². The molecule has 1 amide bonds. The van der Waals surface area contributed by atoms with Crippen LogP contribution in [-0.2, 0) is 20.8 Å². The number of esters is 2. The number of halogens is 2. The van der Waals surface area contributed by atoms with Gasteiger partial charge >= 0.3 is 11.9 Å². The van der Waals surface area contributed by atoms with Crippen LogP contribution >= 0.6 is 15.9 Å². The van der Waals surface area contributed by atoms with Gasteiger partial charge in [-0.05, 0) is 43.4 Å². The van der Waals surface area contributed by atoms with Crippen molar-refractivity contribution in [3.63, 3.8) is 0 Å². The third-order valence-corrected chi connectivity index (χ3v) is 4.41. The quantitative estimate of drug-likeness (QED) is 0.630. The van der Waals surface area contributed by atoms with Gasteiger partial charge < -0.3 is 14.8 Å². The number of nitrogens with one attached hydrogen (secondary N) is 1. The van der Waals surface area contributed by atoms with Gasteiger partial charge in [-0.3, -0.25) is 9.69 Å². The lowest BCUT2D eigenvalue weighted by molar-refractivity contribution is -0.117. The lowest BCUT2D eigenvalue weighted by atomic mass is 10.1. The second-order valence-electron chi connectivity index (χ2n) is 6.24. The van der Waals surface area contributed by atoms with Crippen LogP contribution in [0.4, 0.5) is 10.1 Å². The zero-order chi connectivity index (χ0) is 21.6. The van der Waals surface area contributed by atoms with Crippen LogP contribution in [0.25, 0.3) is 0 Å². The second-order valence-corrected chi connectivity index (χ2v) is 7.15. The highest BCUT2D eigenvalue weighted by Crippen LogP contribution is 2.18. The first-order valence-electron chi connectivity index (χ1n) is 8.47. The predicted molar refractivity (Wildman–Crippen MR) is 108 cm³/mol. The molecule has 2 aromatic carbocycles. The molecule has 0 atom stereocenters.